The van der Waals surface area contributed by atoms with E-state index in [2.05, 4.69) is 39.2 Å². The van der Waals surface area contributed by atoms with Crippen molar-refractivity contribution >= 4 is 27.4 Å². The highest BCUT2D eigenvalue weighted by atomic mass is 32.1. The Morgan fingerprint density at radius 3 is 2.84 bits per heavy atom. The quantitative estimate of drug-likeness (QED) is 0.791. The van der Waals surface area contributed by atoms with Gasteiger partial charge in [0.15, 0.2) is 5.82 Å². The van der Waals surface area contributed by atoms with Crippen LogP contribution >= 0.6 is 11.3 Å². The lowest BCUT2D eigenvalue weighted by molar-refractivity contribution is 0.657. The number of hydrogen-bond donors (Lipinski definition) is 1. The van der Waals surface area contributed by atoms with Gasteiger partial charge in [-0.25, -0.2) is 19.6 Å². The van der Waals surface area contributed by atoms with Gasteiger partial charge in [-0.15, -0.1) is 11.3 Å². The van der Waals surface area contributed by atoms with Crippen LogP contribution in [0.1, 0.15) is 16.3 Å². The highest BCUT2D eigenvalue weighted by Gasteiger charge is 2.13. The maximum absolute atomic E-state index is 4.62. The van der Waals surface area contributed by atoms with E-state index in [0.717, 1.165) is 21.9 Å². The van der Waals surface area contributed by atoms with Crippen LogP contribution < -0.4 is 5.32 Å². The monoisotopic (exact) mass is 274 g/mol. The van der Waals surface area contributed by atoms with Gasteiger partial charge >= 0.3 is 0 Å². The fourth-order valence-electron chi connectivity index (χ4n) is 2.00. The lowest BCUT2D eigenvalue weighted by atomic mass is 10.2. The summed E-state index contributed by atoms with van der Waals surface area (Å²) in [6, 6.07) is 0. The average molecular weight is 274 g/mol. The molecule has 0 aromatic carbocycles. The van der Waals surface area contributed by atoms with E-state index in [0.29, 0.717) is 6.54 Å². The highest BCUT2D eigenvalue weighted by molar-refractivity contribution is 7.18. The van der Waals surface area contributed by atoms with Crippen LogP contribution in [0, 0.1) is 13.8 Å². The van der Waals surface area contributed by atoms with Gasteiger partial charge in [0.1, 0.15) is 29.8 Å². The number of fused-ring (bicyclic) bond motifs is 1. The Kier molecular flexibility index (Phi) is 2.90. The fourth-order valence-corrected chi connectivity index (χ4v) is 3.05. The molecule has 0 bridgehead atoms. The van der Waals surface area contributed by atoms with E-state index in [1.807, 2.05) is 7.05 Å². The molecule has 0 aliphatic heterocycles. The van der Waals surface area contributed by atoms with Gasteiger partial charge < -0.3 is 5.32 Å². The predicted octanol–water partition coefficient (Wildman–Crippen LogP) is 1.99. The van der Waals surface area contributed by atoms with E-state index >= 15 is 0 Å². The molecule has 0 fully saturated rings. The van der Waals surface area contributed by atoms with Crippen LogP contribution in [0.15, 0.2) is 12.7 Å². The van der Waals surface area contributed by atoms with Gasteiger partial charge in [0, 0.05) is 11.9 Å². The Balaban J connectivity index is 2.12. The molecule has 0 atom stereocenters. The molecule has 7 heteroatoms. The summed E-state index contributed by atoms with van der Waals surface area (Å²) >= 11 is 1.70. The number of nitrogens with one attached hydrogen (secondary N) is 1. The van der Waals surface area contributed by atoms with E-state index in [1.54, 1.807) is 22.3 Å². The number of aromatic nitrogens is 5. The van der Waals surface area contributed by atoms with Crippen molar-refractivity contribution in [2.45, 2.75) is 20.4 Å². The van der Waals surface area contributed by atoms with Crippen molar-refractivity contribution in [1.29, 1.82) is 0 Å². The molecular weight excluding hydrogens is 260 g/mol. The van der Waals surface area contributed by atoms with Gasteiger partial charge in [0.2, 0.25) is 0 Å². The number of nitrogens with zero attached hydrogens (tertiary/aromatic N) is 5. The summed E-state index contributed by atoms with van der Waals surface area (Å²) in [4.78, 5) is 15.4. The minimum absolute atomic E-state index is 0.528. The number of aryl methyl sites for hydroxylation is 2. The number of hydrogen-bond acceptors (Lipinski definition) is 6. The third-order valence-corrected chi connectivity index (χ3v) is 4.18. The molecule has 1 N–H and O–H groups in total. The molecule has 0 aliphatic carbocycles. The number of rotatable bonds is 3. The Morgan fingerprint density at radius 2 is 2.16 bits per heavy atom. The molecule has 3 aromatic heterocycles. The second kappa shape index (κ2) is 4.58. The second-order valence-electron chi connectivity index (χ2n) is 4.29. The molecule has 3 aromatic rings. The Hall–Kier alpha value is -2.02. The van der Waals surface area contributed by atoms with Gasteiger partial charge in [-0.3, -0.25) is 0 Å². The first-order chi connectivity index (χ1) is 9.19. The van der Waals surface area contributed by atoms with Crippen molar-refractivity contribution in [3.8, 4) is 0 Å². The van der Waals surface area contributed by atoms with Crippen molar-refractivity contribution in [2.24, 2.45) is 0 Å². The molecule has 0 unspecified atom stereocenters. The summed E-state index contributed by atoms with van der Waals surface area (Å²) in [7, 11) is 1.88. The standard InChI is InChI=1S/C12H14N6S/c1-7-8(2)19-12-10(7)11(13-3)16-9(17-12)4-18-6-14-5-15-18/h5-6H,4H2,1-3H3,(H,13,16,17). The zero-order chi connectivity index (χ0) is 13.4. The number of anilines is 1. The van der Waals surface area contributed by atoms with Gasteiger partial charge in [0.05, 0.1) is 5.39 Å². The van der Waals surface area contributed by atoms with E-state index in [-0.39, 0.29) is 0 Å². The normalized spacial score (nSPS) is 11.1. The summed E-state index contributed by atoms with van der Waals surface area (Å²) in [6.07, 6.45) is 3.18. The van der Waals surface area contributed by atoms with Crippen LogP contribution in [-0.4, -0.2) is 31.8 Å². The molecule has 3 heterocycles. The maximum Gasteiger partial charge on any atom is 0.153 e. The lowest BCUT2D eigenvalue weighted by Crippen LogP contribution is -2.06. The first kappa shape index (κ1) is 12.0. The smallest absolute Gasteiger partial charge is 0.153 e. The molecule has 98 valence electrons. The molecule has 0 saturated carbocycles. The molecule has 0 saturated heterocycles. The first-order valence-electron chi connectivity index (χ1n) is 5.96. The topological polar surface area (TPSA) is 68.5 Å². The molecule has 19 heavy (non-hydrogen) atoms. The predicted molar refractivity (Wildman–Crippen MR) is 75.6 cm³/mol. The SMILES string of the molecule is CNc1nc(Cn2cncn2)nc2sc(C)c(C)c12. The number of thiophene rings is 1. The molecule has 3 rings (SSSR count). The summed E-state index contributed by atoms with van der Waals surface area (Å²) < 4.78 is 1.72. The maximum atomic E-state index is 4.62. The Labute approximate surface area is 114 Å². The Bertz CT molecular complexity index is 715. The van der Waals surface area contributed by atoms with Gasteiger partial charge in [-0.05, 0) is 19.4 Å². The fraction of sp³-hybridized carbons (Fsp3) is 0.333. The second-order valence-corrected chi connectivity index (χ2v) is 5.50. The van der Waals surface area contributed by atoms with Gasteiger partial charge in [-0.1, -0.05) is 0 Å². The van der Waals surface area contributed by atoms with Gasteiger partial charge in [0.25, 0.3) is 0 Å². The van der Waals surface area contributed by atoms with Crippen molar-refractivity contribution in [1.82, 2.24) is 24.7 Å². The summed E-state index contributed by atoms with van der Waals surface area (Å²) in [6.45, 7) is 4.74. The van der Waals surface area contributed by atoms with Crippen LogP contribution in [0.25, 0.3) is 10.2 Å². The minimum Gasteiger partial charge on any atom is -0.372 e. The summed E-state index contributed by atoms with van der Waals surface area (Å²) in [5, 5.41) is 8.35. The Morgan fingerprint density at radius 1 is 1.32 bits per heavy atom. The minimum atomic E-state index is 0.528. The molecule has 0 spiro atoms. The molecule has 0 aliphatic rings. The van der Waals surface area contributed by atoms with E-state index in [4.69, 9.17) is 0 Å². The van der Waals surface area contributed by atoms with Gasteiger partial charge in [-0.2, -0.15) is 5.10 Å². The van der Waals surface area contributed by atoms with Crippen LogP contribution in [0.5, 0.6) is 0 Å². The molecular formula is C12H14N6S. The summed E-state index contributed by atoms with van der Waals surface area (Å²) in [5.41, 5.74) is 1.25. The summed E-state index contributed by atoms with van der Waals surface area (Å²) in [5.74, 6) is 1.62. The molecule has 0 radical (unpaired) electrons. The van der Waals surface area contributed by atoms with Crippen LogP contribution in [-0.2, 0) is 6.54 Å². The van der Waals surface area contributed by atoms with Crippen molar-refractivity contribution < 1.29 is 0 Å². The lowest BCUT2D eigenvalue weighted by Gasteiger charge is -2.06. The van der Waals surface area contributed by atoms with Crippen LogP contribution in [0.3, 0.4) is 0 Å². The third-order valence-electron chi connectivity index (χ3n) is 3.08. The van der Waals surface area contributed by atoms with Crippen molar-refractivity contribution in [3.63, 3.8) is 0 Å². The largest absolute Gasteiger partial charge is 0.372 e. The first-order valence-corrected chi connectivity index (χ1v) is 6.77. The third kappa shape index (κ3) is 2.06. The van der Waals surface area contributed by atoms with E-state index in [9.17, 15) is 0 Å². The van der Waals surface area contributed by atoms with E-state index < -0.39 is 0 Å². The van der Waals surface area contributed by atoms with Crippen LogP contribution in [0.2, 0.25) is 0 Å². The molecule has 6 nitrogen and oxygen atoms in total. The highest BCUT2D eigenvalue weighted by Crippen LogP contribution is 2.32. The van der Waals surface area contributed by atoms with Crippen molar-refractivity contribution in [3.05, 3.63) is 28.9 Å². The van der Waals surface area contributed by atoms with Crippen LogP contribution in [0.4, 0.5) is 5.82 Å². The van der Waals surface area contributed by atoms with Crippen molar-refractivity contribution in [2.75, 3.05) is 12.4 Å². The van der Waals surface area contributed by atoms with E-state index in [1.165, 1.54) is 16.8 Å². The average Bonchev–Trinajstić information content (AvgIpc) is 2.98. The zero-order valence-electron chi connectivity index (χ0n) is 11.0. The zero-order valence-corrected chi connectivity index (χ0v) is 11.8. The molecule has 0 amide bonds.